The second kappa shape index (κ2) is 11.6. The van der Waals surface area contributed by atoms with Crippen LogP contribution in [0.25, 0.3) is 0 Å². The van der Waals surface area contributed by atoms with Gasteiger partial charge in [0.25, 0.3) is 11.6 Å². The number of hydrogen-bond donors (Lipinski definition) is 1. The van der Waals surface area contributed by atoms with Crippen LogP contribution in [0.15, 0.2) is 65.1 Å². The van der Waals surface area contributed by atoms with Crippen LogP contribution in [0.1, 0.15) is 58.3 Å². The second-order valence-electron chi connectivity index (χ2n) is 9.65. The van der Waals surface area contributed by atoms with Gasteiger partial charge in [-0.05, 0) is 79.3 Å². The third-order valence-electron chi connectivity index (χ3n) is 6.10. The van der Waals surface area contributed by atoms with E-state index in [2.05, 4.69) is 19.2 Å². The summed E-state index contributed by atoms with van der Waals surface area (Å²) in [6.07, 6.45) is 0. The highest BCUT2D eigenvalue weighted by Gasteiger charge is 2.18. The molecule has 0 fully saturated rings. The third-order valence-corrected chi connectivity index (χ3v) is 6.51. The monoisotopic (exact) mass is 548 g/mol. The van der Waals surface area contributed by atoms with Crippen molar-refractivity contribution >= 4 is 28.9 Å². The number of non-ortho nitro benzene ring substituents is 1. The number of nitro benzene ring substituents is 1. The normalized spacial score (nSPS) is 10.9. The van der Waals surface area contributed by atoms with E-state index in [0.717, 1.165) is 22.3 Å². The van der Waals surface area contributed by atoms with Crippen molar-refractivity contribution in [3.05, 3.63) is 110 Å². The molecule has 1 amide bonds. The van der Waals surface area contributed by atoms with Crippen LogP contribution in [0.2, 0.25) is 5.02 Å². The molecule has 0 saturated heterocycles. The number of anilines is 1. The molecular weight excluding hydrogens is 520 g/mol. The first-order valence-corrected chi connectivity index (χ1v) is 12.8. The number of aryl methyl sites for hydroxylation is 3. The number of amides is 1. The van der Waals surface area contributed by atoms with E-state index >= 15 is 0 Å². The highest BCUT2D eigenvalue weighted by molar-refractivity contribution is 6.31. The van der Waals surface area contributed by atoms with Crippen molar-refractivity contribution in [1.82, 2.24) is 0 Å². The number of hydrogen-bond acceptors (Lipinski definition) is 6. The number of nitro groups is 1. The fourth-order valence-corrected chi connectivity index (χ4v) is 4.10. The van der Waals surface area contributed by atoms with Gasteiger partial charge >= 0.3 is 0 Å². The molecule has 0 aliphatic rings. The molecule has 0 unspecified atom stereocenters. The Morgan fingerprint density at radius 3 is 2.49 bits per heavy atom. The maximum atomic E-state index is 12.9. The Morgan fingerprint density at radius 1 is 1.00 bits per heavy atom. The molecular formula is C30H29ClN2O6. The van der Waals surface area contributed by atoms with Gasteiger partial charge in [-0.2, -0.15) is 0 Å². The molecule has 202 valence electrons. The molecule has 0 bridgehead atoms. The van der Waals surface area contributed by atoms with Crippen molar-refractivity contribution in [2.45, 2.75) is 47.1 Å². The van der Waals surface area contributed by atoms with Crippen LogP contribution in [0, 0.1) is 30.9 Å². The van der Waals surface area contributed by atoms with E-state index in [9.17, 15) is 14.9 Å². The van der Waals surface area contributed by atoms with Gasteiger partial charge in [0, 0.05) is 17.2 Å². The zero-order valence-electron chi connectivity index (χ0n) is 22.3. The summed E-state index contributed by atoms with van der Waals surface area (Å²) in [5.41, 5.74) is 3.70. The maximum Gasteiger partial charge on any atom is 0.291 e. The van der Waals surface area contributed by atoms with Crippen LogP contribution in [0.3, 0.4) is 0 Å². The van der Waals surface area contributed by atoms with Gasteiger partial charge in [0.15, 0.2) is 5.76 Å². The van der Waals surface area contributed by atoms with E-state index in [4.69, 9.17) is 25.5 Å². The van der Waals surface area contributed by atoms with Gasteiger partial charge < -0.3 is 19.2 Å². The molecule has 0 aliphatic heterocycles. The van der Waals surface area contributed by atoms with Crippen LogP contribution in [-0.4, -0.2) is 10.8 Å². The third kappa shape index (κ3) is 6.78. The van der Waals surface area contributed by atoms with Crippen LogP contribution in [-0.2, 0) is 6.61 Å². The minimum absolute atomic E-state index is 0.0356. The van der Waals surface area contributed by atoms with Gasteiger partial charge in [-0.1, -0.05) is 37.6 Å². The maximum absolute atomic E-state index is 12.9. The Morgan fingerprint density at radius 2 is 1.77 bits per heavy atom. The fourth-order valence-electron chi connectivity index (χ4n) is 3.93. The average Bonchev–Trinajstić information content (AvgIpc) is 3.36. The molecule has 0 saturated carbocycles. The summed E-state index contributed by atoms with van der Waals surface area (Å²) in [7, 11) is 0. The first kappa shape index (κ1) is 27.7. The van der Waals surface area contributed by atoms with Gasteiger partial charge in [-0.25, -0.2) is 0 Å². The van der Waals surface area contributed by atoms with Crippen LogP contribution in [0.4, 0.5) is 11.4 Å². The Bertz CT molecular complexity index is 1540. The quantitative estimate of drug-likeness (QED) is 0.166. The molecule has 0 aliphatic carbocycles. The average molecular weight is 549 g/mol. The van der Waals surface area contributed by atoms with Crippen molar-refractivity contribution < 1.29 is 23.6 Å². The SMILES string of the molecule is Cc1ccc(C)c(Oc2cc(NC(=O)c3ccc(COc4cc(C)c(Cl)cc4C(C)C)o3)cc([N+](=O)[O-])c2)c1. The number of ether oxygens (including phenoxy) is 2. The molecule has 39 heavy (non-hydrogen) atoms. The lowest BCUT2D eigenvalue weighted by Crippen LogP contribution is -2.11. The molecule has 0 spiro atoms. The van der Waals surface area contributed by atoms with Gasteiger partial charge in [0.05, 0.1) is 16.7 Å². The number of nitrogens with zero attached hydrogens (tertiary/aromatic N) is 1. The van der Waals surface area contributed by atoms with Crippen molar-refractivity contribution in [3.63, 3.8) is 0 Å². The molecule has 4 rings (SSSR count). The first-order chi connectivity index (χ1) is 18.5. The van der Waals surface area contributed by atoms with Gasteiger partial charge in [-0.15, -0.1) is 0 Å². The van der Waals surface area contributed by atoms with Crippen LogP contribution in [0.5, 0.6) is 17.2 Å². The van der Waals surface area contributed by atoms with E-state index in [0.29, 0.717) is 22.3 Å². The van der Waals surface area contributed by atoms with Crippen LogP contribution < -0.4 is 14.8 Å². The van der Waals surface area contributed by atoms with E-state index in [1.54, 1.807) is 6.07 Å². The van der Waals surface area contributed by atoms with Gasteiger partial charge in [-0.3, -0.25) is 14.9 Å². The highest BCUT2D eigenvalue weighted by Crippen LogP contribution is 2.34. The summed E-state index contributed by atoms with van der Waals surface area (Å²) in [4.78, 5) is 23.9. The fraction of sp³-hybridized carbons (Fsp3) is 0.233. The summed E-state index contributed by atoms with van der Waals surface area (Å²) in [5.74, 6) is 1.61. The van der Waals surface area contributed by atoms with E-state index in [1.807, 2.05) is 51.1 Å². The Balaban J connectivity index is 1.49. The summed E-state index contributed by atoms with van der Waals surface area (Å²) in [5, 5.41) is 14.9. The highest BCUT2D eigenvalue weighted by atomic mass is 35.5. The molecule has 4 aromatic rings. The minimum atomic E-state index is -0.565. The summed E-state index contributed by atoms with van der Waals surface area (Å²) in [6.45, 7) is 9.92. The molecule has 8 nitrogen and oxygen atoms in total. The molecule has 9 heteroatoms. The lowest BCUT2D eigenvalue weighted by Gasteiger charge is -2.15. The lowest BCUT2D eigenvalue weighted by molar-refractivity contribution is -0.384. The standard InChI is InChI=1S/C30H29ClN2O6/c1-17(2)25-15-26(31)20(5)11-29(25)37-16-23-8-9-27(38-23)30(34)32-21-12-22(33(35)36)14-24(13-21)39-28-10-18(3)6-7-19(28)4/h6-15,17H,16H2,1-5H3,(H,32,34). The largest absolute Gasteiger partial charge is 0.485 e. The van der Waals surface area contributed by atoms with Crippen molar-refractivity contribution in [2.24, 2.45) is 0 Å². The molecule has 1 N–H and O–H groups in total. The number of benzene rings is 3. The van der Waals surface area contributed by atoms with Crippen molar-refractivity contribution in [1.29, 1.82) is 0 Å². The topological polar surface area (TPSA) is 104 Å². The van der Waals surface area contributed by atoms with Crippen molar-refractivity contribution in [3.8, 4) is 17.2 Å². The van der Waals surface area contributed by atoms with Gasteiger partial charge in [0.1, 0.15) is 29.6 Å². The number of nitrogens with one attached hydrogen (secondary N) is 1. The first-order valence-electron chi connectivity index (χ1n) is 12.4. The molecule has 1 heterocycles. The van der Waals surface area contributed by atoms with E-state index in [-0.39, 0.29) is 35.4 Å². The lowest BCUT2D eigenvalue weighted by atomic mass is 10.0. The predicted octanol–water partition coefficient (Wildman–Crippen LogP) is 8.51. The van der Waals surface area contributed by atoms with Gasteiger partial charge in [0.2, 0.25) is 0 Å². The summed E-state index contributed by atoms with van der Waals surface area (Å²) < 4.78 is 17.6. The number of carbonyl (C=O) groups excluding carboxylic acids is 1. The Labute approximate surface area is 231 Å². The molecule has 1 aromatic heterocycles. The predicted molar refractivity (Wildman–Crippen MR) is 150 cm³/mol. The zero-order valence-corrected chi connectivity index (χ0v) is 23.1. The molecule has 0 radical (unpaired) electrons. The van der Waals surface area contributed by atoms with E-state index in [1.165, 1.54) is 24.3 Å². The smallest absolute Gasteiger partial charge is 0.291 e. The second-order valence-corrected chi connectivity index (χ2v) is 10.1. The summed E-state index contributed by atoms with van der Waals surface area (Å²) >= 11 is 6.28. The van der Waals surface area contributed by atoms with Crippen molar-refractivity contribution in [2.75, 3.05) is 5.32 Å². The summed E-state index contributed by atoms with van der Waals surface area (Å²) in [6, 6.07) is 16.7. The number of furan rings is 1. The Kier molecular flexibility index (Phi) is 8.26. The number of carbonyl (C=O) groups is 1. The molecule has 3 aromatic carbocycles. The zero-order chi connectivity index (χ0) is 28.3. The van der Waals surface area contributed by atoms with Crippen LogP contribution >= 0.6 is 11.6 Å². The van der Waals surface area contributed by atoms with E-state index < -0.39 is 10.8 Å². The molecule has 0 atom stereocenters. The number of rotatable bonds is 9. The number of halogens is 1. The Hall–Kier alpha value is -4.30. The minimum Gasteiger partial charge on any atom is -0.485 e.